The predicted octanol–water partition coefficient (Wildman–Crippen LogP) is 1.08. The maximum absolute atomic E-state index is 10.7. The molecule has 100 valence electrons. The number of hydrogen-bond donors (Lipinski definition) is 1. The second kappa shape index (κ2) is 5.77. The number of aromatic nitrogens is 1. The van der Waals surface area contributed by atoms with E-state index in [-0.39, 0.29) is 12.5 Å². The lowest BCUT2D eigenvalue weighted by Gasteiger charge is -2.25. The van der Waals surface area contributed by atoms with Crippen molar-refractivity contribution in [3.63, 3.8) is 0 Å². The molecule has 0 aliphatic carbocycles. The van der Waals surface area contributed by atoms with Gasteiger partial charge in [-0.05, 0) is 33.6 Å². The average Bonchev–Trinajstić information content (AvgIpc) is 2.65. The molecule has 1 aromatic heterocycles. The molecule has 1 aromatic rings. The topological polar surface area (TPSA) is 56.7 Å². The zero-order valence-electron chi connectivity index (χ0n) is 10.8. The maximum atomic E-state index is 10.7. The molecule has 1 saturated heterocycles. The Morgan fingerprint density at radius 2 is 2.33 bits per heavy atom. The van der Waals surface area contributed by atoms with E-state index in [2.05, 4.69) is 28.9 Å². The third-order valence-corrected chi connectivity index (χ3v) is 4.25. The molecule has 1 N–H and O–H groups in total. The third kappa shape index (κ3) is 3.28. The SMILES string of the molecule is CN1CCCN(C)C(c2nc(CC(=O)O)cs2)C1. The Morgan fingerprint density at radius 3 is 3.06 bits per heavy atom. The van der Waals surface area contributed by atoms with Gasteiger partial charge < -0.3 is 10.0 Å². The highest BCUT2D eigenvalue weighted by Gasteiger charge is 2.24. The van der Waals surface area contributed by atoms with E-state index in [0.717, 1.165) is 31.1 Å². The number of aliphatic carboxylic acids is 1. The normalized spacial score (nSPS) is 22.9. The van der Waals surface area contributed by atoms with Crippen molar-refractivity contribution < 1.29 is 9.90 Å². The van der Waals surface area contributed by atoms with Crippen LogP contribution >= 0.6 is 11.3 Å². The van der Waals surface area contributed by atoms with Crippen molar-refractivity contribution in [3.8, 4) is 0 Å². The average molecular weight is 269 g/mol. The summed E-state index contributed by atoms with van der Waals surface area (Å²) >= 11 is 1.57. The van der Waals surface area contributed by atoms with Crippen LogP contribution in [0.5, 0.6) is 0 Å². The van der Waals surface area contributed by atoms with Crippen molar-refractivity contribution >= 4 is 17.3 Å². The number of hydrogen-bond acceptors (Lipinski definition) is 5. The fourth-order valence-electron chi connectivity index (χ4n) is 2.25. The van der Waals surface area contributed by atoms with Crippen LogP contribution in [0.4, 0.5) is 0 Å². The largest absolute Gasteiger partial charge is 0.481 e. The van der Waals surface area contributed by atoms with Gasteiger partial charge in [0.25, 0.3) is 0 Å². The van der Waals surface area contributed by atoms with Crippen LogP contribution in [0.15, 0.2) is 5.38 Å². The summed E-state index contributed by atoms with van der Waals surface area (Å²) in [6, 6.07) is 0.282. The molecule has 0 amide bonds. The van der Waals surface area contributed by atoms with Gasteiger partial charge in [-0.25, -0.2) is 4.98 Å². The molecule has 0 saturated carbocycles. The summed E-state index contributed by atoms with van der Waals surface area (Å²) in [5, 5.41) is 11.7. The van der Waals surface area contributed by atoms with Gasteiger partial charge >= 0.3 is 5.97 Å². The van der Waals surface area contributed by atoms with Gasteiger partial charge in [0.15, 0.2) is 0 Å². The van der Waals surface area contributed by atoms with Gasteiger partial charge in [-0.1, -0.05) is 0 Å². The van der Waals surface area contributed by atoms with Crippen molar-refractivity contribution in [2.45, 2.75) is 18.9 Å². The van der Waals surface area contributed by atoms with Crippen LogP contribution < -0.4 is 0 Å². The van der Waals surface area contributed by atoms with E-state index in [1.165, 1.54) is 0 Å². The molecule has 1 aliphatic rings. The van der Waals surface area contributed by atoms with E-state index in [9.17, 15) is 4.79 Å². The third-order valence-electron chi connectivity index (χ3n) is 3.25. The fraction of sp³-hybridized carbons (Fsp3) is 0.667. The highest BCUT2D eigenvalue weighted by atomic mass is 32.1. The highest BCUT2D eigenvalue weighted by Crippen LogP contribution is 2.26. The lowest BCUT2D eigenvalue weighted by Crippen LogP contribution is -2.30. The molecule has 0 aromatic carbocycles. The van der Waals surface area contributed by atoms with E-state index in [1.54, 1.807) is 11.3 Å². The molecule has 6 heteroatoms. The Morgan fingerprint density at radius 1 is 1.56 bits per heavy atom. The Labute approximate surface area is 111 Å². The number of thiazole rings is 1. The first-order chi connectivity index (χ1) is 8.56. The minimum Gasteiger partial charge on any atom is -0.481 e. The predicted molar refractivity (Wildman–Crippen MR) is 70.9 cm³/mol. The standard InChI is InChI=1S/C12H19N3O2S/c1-14-4-3-5-15(2)10(7-14)12-13-9(8-18-12)6-11(16)17/h8,10H,3-7H2,1-2H3,(H,16,17). The number of nitrogens with zero attached hydrogens (tertiary/aromatic N) is 3. The summed E-state index contributed by atoms with van der Waals surface area (Å²) < 4.78 is 0. The minimum atomic E-state index is -0.821. The Kier molecular flexibility index (Phi) is 4.31. The monoisotopic (exact) mass is 269 g/mol. The summed E-state index contributed by atoms with van der Waals surface area (Å²) in [6.45, 7) is 3.12. The van der Waals surface area contributed by atoms with E-state index in [4.69, 9.17) is 5.11 Å². The van der Waals surface area contributed by atoms with E-state index < -0.39 is 5.97 Å². The maximum Gasteiger partial charge on any atom is 0.309 e. The van der Waals surface area contributed by atoms with Crippen molar-refractivity contribution in [2.75, 3.05) is 33.7 Å². The van der Waals surface area contributed by atoms with Crippen molar-refractivity contribution in [1.29, 1.82) is 0 Å². The quantitative estimate of drug-likeness (QED) is 0.890. The van der Waals surface area contributed by atoms with Crippen molar-refractivity contribution in [3.05, 3.63) is 16.1 Å². The van der Waals surface area contributed by atoms with Gasteiger partial charge in [-0.15, -0.1) is 11.3 Å². The molecule has 1 aliphatic heterocycles. The lowest BCUT2D eigenvalue weighted by molar-refractivity contribution is -0.136. The van der Waals surface area contributed by atoms with Crippen LogP contribution in [0, 0.1) is 0 Å². The van der Waals surface area contributed by atoms with Gasteiger partial charge in [-0.2, -0.15) is 0 Å². The van der Waals surface area contributed by atoms with Crippen LogP contribution in [-0.4, -0.2) is 59.6 Å². The second-order valence-corrected chi connectivity index (χ2v) is 5.75. The number of carboxylic acids is 1. The zero-order chi connectivity index (χ0) is 13.1. The van der Waals surface area contributed by atoms with Crippen LogP contribution in [0.2, 0.25) is 0 Å². The summed E-state index contributed by atoms with van der Waals surface area (Å²) in [4.78, 5) is 19.8. The molecule has 1 fully saturated rings. The number of rotatable bonds is 3. The Hall–Kier alpha value is -0.980. The summed E-state index contributed by atoms with van der Waals surface area (Å²) in [5.74, 6) is -0.821. The molecule has 2 heterocycles. The van der Waals surface area contributed by atoms with Crippen molar-refractivity contribution in [2.24, 2.45) is 0 Å². The number of likely N-dealkylation sites (N-methyl/N-ethyl adjacent to an activating group) is 2. The first kappa shape index (κ1) is 13.5. The van der Waals surface area contributed by atoms with Gasteiger partial charge in [-0.3, -0.25) is 9.69 Å². The second-order valence-electron chi connectivity index (χ2n) is 4.86. The Bertz CT molecular complexity index is 421. The minimum absolute atomic E-state index is 0.0166. The van der Waals surface area contributed by atoms with Gasteiger partial charge in [0, 0.05) is 11.9 Å². The molecule has 0 radical (unpaired) electrons. The molecular weight excluding hydrogens is 250 g/mol. The fourth-order valence-corrected chi connectivity index (χ4v) is 3.22. The summed E-state index contributed by atoms with van der Waals surface area (Å²) in [5.41, 5.74) is 0.669. The summed E-state index contributed by atoms with van der Waals surface area (Å²) in [6.07, 6.45) is 1.18. The first-order valence-electron chi connectivity index (χ1n) is 6.11. The van der Waals surface area contributed by atoms with Gasteiger partial charge in [0.1, 0.15) is 5.01 Å². The molecule has 18 heavy (non-hydrogen) atoms. The van der Waals surface area contributed by atoms with Crippen molar-refractivity contribution in [1.82, 2.24) is 14.8 Å². The molecule has 0 bridgehead atoms. The molecule has 1 atom stereocenters. The van der Waals surface area contributed by atoms with E-state index in [0.29, 0.717) is 5.69 Å². The van der Waals surface area contributed by atoms with Crippen LogP contribution in [0.3, 0.4) is 0 Å². The molecule has 5 nitrogen and oxygen atoms in total. The summed E-state index contributed by atoms with van der Waals surface area (Å²) in [7, 11) is 4.24. The van der Waals surface area contributed by atoms with E-state index in [1.807, 2.05) is 5.38 Å². The molecule has 0 spiro atoms. The van der Waals surface area contributed by atoms with Crippen LogP contribution in [-0.2, 0) is 11.2 Å². The first-order valence-corrected chi connectivity index (χ1v) is 6.99. The van der Waals surface area contributed by atoms with Crippen LogP contribution in [0.25, 0.3) is 0 Å². The molecule has 2 rings (SSSR count). The highest BCUT2D eigenvalue weighted by molar-refractivity contribution is 7.09. The van der Waals surface area contributed by atoms with E-state index >= 15 is 0 Å². The smallest absolute Gasteiger partial charge is 0.309 e. The zero-order valence-corrected chi connectivity index (χ0v) is 11.6. The molecule has 1 unspecified atom stereocenters. The molecular formula is C12H19N3O2S. The number of carboxylic acid groups (broad SMARTS) is 1. The van der Waals surface area contributed by atoms with Gasteiger partial charge in [0.2, 0.25) is 0 Å². The Balaban J connectivity index is 2.12. The lowest BCUT2D eigenvalue weighted by atomic mass is 10.2. The number of carbonyl (C=O) groups is 1. The van der Waals surface area contributed by atoms with Crippen LogP contribution in [0.1, 0.15) is 23.2 Å². The van der Waals surface area contributed by atoms with Gasteiger partial charge in [0.05, 0.1) is 18.2 Å².